The van der Waals surface area contributed by atoms with E-state index < -0.39 is 0 Å². The van der Waals surface area contributed by atoms with Gasteiger partial charge in [0.15, 0.2) is 0 Å². The van der Waals surface area contributed by atoms with E-state index in [9.17, 15) is 0 Å². The zero-order valence-electron chi connectivity index (χ0n) is 18.3. The Labute approximate surface area is 174 Å². The SMILES string of the molecule is CC.Cc1ccc(C#N)cc1NCC1CC(C)(OCCC2CCC2)CCC1P. The van der Waals surface area contributed by atoms with E-state index in [0.29, 0.717) is 17.1 Å². The highest BCUT2D eigenvalue weighted by atomic mass is 31.0. The smallest absolute Gasteiger partial charge is 0.0992 e. The van der Waals surface area contributed by atoms with E-state index in [1.54, 1.807) is 0 Å². The van der Waals surface area contributed by atoms with Crippen LogP contribution in [-0.4, -0.2) is 24.4 Å². The molecule has 2 saturated carbocycles. The highest BCUT2D eigenvalue weighted by Crippen LogP contribution is 2.39. The summed E-state index contributed by atoms with van der Waals surface area (Å²) in [6, 6.07) is 8.10. The summed E-state index contributed by atoms with van der Waals surface area (Å²) in [5, 5.41) is 12.7. The van der Waals surface area contributed by atoms with Crippen LogP contribution in [0.2, 0.25) is 0 Å². The molecular formula is C24H39N2OP. The Morgan fingerprint density at radius 2 is 2.04 bits per heavy atom. The molecule has 1 N–H and O–H groups in total. The number of benzene rings is 1. The minimum Gasteiger partial charge on any atom is -0.384 e. The first kappa shape index (κ1) is 23.2. The minimum absolute atomic E-state index is 0.0205. The molecule has 1 aromatic carbocycles. The normalized spacial score (nSPS) is 27.1. The molecule has 2 fully saturated rings. The van der Waals surface area contributed by atoms with Crippen molar-refractivity contribution in [3.63, 3.8) is 0 Å². The zero-order chi connectivity index (χ0) is 20.6. The molecule has 3 rings (SSSR count). The lowest BCUT2D eigenvalue weighted by atomic mass is 9.78. The molecule has 2 aliphatic carbocycles. The van der Waals surface area contributed by atoms with Crippen molar-refractivity contribution < 1.29 is 4.74 Å². The van der Waals surface area contributed by atoms with Crippen molar-refractivity contribution in [1.82, 2.24) is 0 Å². The Kier molecular flexibility index (Phi) is 9.26. The number of hydrogen-bond donors (Lipinski definition) is 1. The van der Waals surface area contributed by atoms with Gasteiger partial charge in [-0.15, -0.1) is 9.24 Å². The zero-order valence-corrected chi connectivity index (χ0v) is 19.4. The minimum atomic E-state index is 0.0205. The molecule has 0 aliphatic heterocycles. The van der Waals surface area contributed by atoms with Crippen LogP contribution in [-0.2, 0) is 4.74 Å². The van der Waals surface area contributed by atoms with Crippen molar-refractivity contribution in [2.45, 2.75) is 83.9 Å². The molecule has 0 heterocycles. The van der Waals surface area contributed by atoms with E-state index in [-0.39, 0.29) is 5.60 Å². The van der Waals surface area contributed by atoms with Crippen LogP contribution < -0.4 is 5.32 Å². The van der Waals surface area contributed by atoms with Gasteiger partial charge in [-0.2, -0.15) is 5.26 Å². The maximum absolute atomic E-state index is 9.13. The topological polar surface area (TPSA) is 45.0 Å². The fourth-order valence-corrected chi connectivity index (χ4v) is 4.69. The Morgan fingerprint density at radius 1 is 1.29 bits per heavy atom. The fraction of sp³-hybridized carbons (Fsp3) is 0.708. The van der Waals surface area contributed by atoms with Crippen molar-refractivity contribution in [2.24, 2.45) is 11.8 Å². The lowest BCUT2D eigenvalue weighted by molar-refractivity contribution is -0.0729. The molecule has 0 spiro atoms. The predicted molar refractivity (Wildman–Crippen MR) is 123 cm³/mol. The molecule has 4 heteroatoms. The van der Waals surface area contributed by atoms with Crippen LogP contribution in [0.5, 0.6) is 0 Å². The van der Waals surface area contributed by atoms with Gasteiger partial charge in [0.25, 0.3) is 0 Å². The average Bonchev–Trinajstić information content (AvgIpc) is 2.67. The summed E-state index contributed by atoms with van der Waals surface area (Å²) in [5.41, 5.74) is 3.64. The molecule has 0 amide bonds. The standard InChI is InChI=1S/C22H33N2OP.C2H6/c1-16-6-7-18(14-23)12-20(16)24-15-19-13-22(2,10-8-21(19)26)25-11-9-17-4-3-5-17;1-2/h6-7,12,17,19,21,24H,3-5,8-11,13,15,26H2,1-2H3;1-2H3. The van der Waals surface area contributed by atoms with Crippen LogP contribution in [0, 0.1) is 30.1 Å². The van der Waals surface area contributed by atoms with Gasteiger partial charge in [0.05, 0.1) is 17.2 Å². The van der Waals surface area contributed by atoms with E-state index in [1.165, 1.54) is 37.7 Å². The highest BCUT2D eigenvalue weighted by Gasteiger charge is 2.37. The number of aryl methyl sites for hydroxylation is 1. The average molecular weight is 403 g/mol. The maximum Gasteiger partial charge on any atom is 0.0992 e. The Hall–Kier alpha value is -1.10. The summed E-state index contributed by atoms with van der Waals surface area (Å²) < 4.78 is 6.39. The van der Waals surface area contributed by atoms with Gasteiger partial charge in [-0.3, -0.25) is 0 Å². The van der Waals surface area contributed by atoms with E-state index >= 15 is 0 Å². The second-order valence-corrected chi connectivity index (χ2v) is 9.43. The molecule has 28 heavy (non-hydrogen) atoms. The van der Waals surface area contributed by atoms with Gasteiger partial charge in [0.1, 0.15) is 0 Å². The molecule has 156 valence electrons. The van der Waals surface area contributed by atoms with Crippen LogP contribution in [0.3, 0.4) is 0 Å². The number of nitriles is 1. The molecule has 4 atom stereocenters. The van der Waals surface area contributed by atoms with Crippen LogP contribution in [0.25, 0.3) is 0 Å². The Bertz CT molecular complexity index is 652. The number of nitrogens with one attached hydrogen (secondary N) is 1. The Morgan fingerprint density at radius 3 is 2.68 bits per heavy atom. The molecule has 3 nitrogen and oxygen atoms in total. The highest BCUT2D eigenvalue weighted by molar-refractivity contribution is 7.17. The molecule has 0 bridgehead atoms. The number of rotatable bonds is 7. The first-order valence-corrected chi connectivity index (χ1v) is 11.8. The lowest BCUT2D eigenvalue weighted by Crippen LogP contribution is -2.42. The van der Waals surface area contributed by atoms with Gasteiger partial charge in [-0.1, -0.05) is 39.2 Å². The first-order chi connectivity index (χ1) is 13.5. The van der Waals surface area contributed by atoms with Crippen molar-refractivity contribution in [3.8, 4) is 6.07 Å². The van der Waals surface area contributed by atoms with Crippen molar-refractivity contribution in [2.75, 3.05) is 18.5 Å². The number of nitrogens with zero attached hydrogens (tertiary/aromatic N) is 1. The summed E-state index contributed by atoms with van der Waals surface area (Å²) in [6.45, 7) is 10.3. The van der Waals surface area contributed by atoms with Crippen molar-refractivity contribution >= 4 is 14.9 Å². The summed E-state index contributed by atoms with van der Waals surface area (Å²) in [4.78, 5) is 0. The number of hydrogen-bond acceptors (Lipinski definition) is 3. The Balaban J connectivity index is 0.00000136. The maximum atomic E-state index is 9.13. The van der Waals surface area contributed by atoms with Gasteiger partial charge < -0.3 is 10.1 Å². The molecule has 2 aliphatic rings. The van der Waals surface area contributed by atoms with Crippen LogP contribution in [0.15, 0.2) is 18.2 Å². The third-order valence-corrected chi connectivity index (χ3v) is 7.31. The fourth-order valence-electron chi connectivity index (χ4n) is 4.25. The second kappa shape index (κ2) is 11.2. The summed E-state index contributed by atoms with van der Waals surface area (Å²) >= 11 is 0. The van der Waals surface area contributed by atoms with E-state index in [0.717, 1.165) is 37.6 Å². The molecule has 0 saturated heterocycles. The summed E-state index contributed by atoms with van der Waals surface area (Å²) in [6.07, 6.45) is 8.93. The van der Waals surface area contributed by atoms with Crippen LogP contribution in [0.1, 0.15) is 76.8 Å². The first-order valence-electron chi connectivity index (χ1n) is 11.1. The van der Waals surface area contributed by atoms with Crippen molar-refractivity contribution in [1.29, 1.82) is 5.26 Å². The predicted octanol–water partition coefficient (Wildman–Crippen LogP) is 6.31. The van der Waals surface area contributed by atoms with E-state index in [2.05, 4.69) is 34.5 Å². The van der Waals surface area contributed by atoms with Gasteiger partial charge >= 0.3 is 0 Å². The molecule has 0 radical (unpaired) electrons. The van der Waals surface area contributed by atoms with Crippen LogP contribution in [0.4, 0.5) is 5.69 Å². The largest absolute Gasteiger partial charge is 0.384 e. The van der Waals surface area contributed by atoms with E-state index in [1.807, 2.05) is 32.0 Å². The van der Waals surface area contributed by atoms with Gasteiger partial charge in [-0.25, -0.2) is 0 Å². The van der Waals surface area contributed by atoms with Gasteiger partial charge in [0.2, 0.25) is 0 Å². The number of anilines is 1. The van der Waals surface area contributed by atoms with Crippen LogP contribution >= 0.6 is 9.24 Å². The molecule has 1 aromatic rings. The lowest BCUT2D eigenvalue weighted by Gasteiger charge is -2.42. The summed E-state index contributed by atoms with van der Waals surface area (Å²) in [5.74, 6) is 1.50. The number of ether oxygens (including phenoxy) is 1. The van der Waals surface area contributed by atoms with E-state index in [4.69, 9.17) is 10.00 Å². The van der Waals surface area contributed by atoms with Gasteiger partial charge in [-0.05, 0) is 74.7 Å². The molecule has 0 aromatic heterocycles. The third-order valence-electron chi connectivity index (χ3n) is 6.43. The molecule has 4 unspecified atom stereocenters. The summed E-state index contributed by atoms with van der Waals surface area (Å²) in [7, 11) is 3.05. The monoisotopic (exact) mass is 402 g/mol. The molecular weight excluding hydrogens is 363 g/mol. The quantitative estimate of drug-likeness (QED) is 0.543. The van der Waals surface area contributed by atoms with Crippen molar-refractivity contribution in [3.05, 3.63) is 29.3 Å². The van der Waals surface area contributed by atoms with Gasteiger partial charge in [0, 0.05) is 18.8 Å². The second-order valence-electron chi connectivity index (χ2n) is 8.57. The third kappa shape index (κ3) is 6.47.